The third-order valence-corrected chi connectivity index (χ3v) is 5.75. The SMILES string of the molecule is O=C(CCc1ccccc1Br)NCC1(OCCO)CCSC1. The van der Waals surface area contributed by atoms with Gasteiger partial charge in [0.05, 0.1) is 18.8 Å². The zero-order valence-corrected chi connectivity index (χ0v) is 14.9. The topological polar surface area (TPSA) is 58.6 Å². The monoisotopic (exact) mass is 387 g/mol. The summed E-state index contributed by atoms with van der Waals surface area (Å²) >= 11 is 5.33. The average molecular weight is 388 g/mol. The molecule has 2 N–H and O–H groups in total. The molecule has 1 saturated heterocycles. The molecule has 6 heteroatoms. The molecule has 4 nitrogen and oxygen atoms in total. The fourth-order valence-corrected chi connectivity index (χ4v) is 4.30. The van der Waals surface area contributed by atoms with E-state index >= 15 is 0 Å². The number of amides is 1. The van der Waals surface area contributed by atoms with Gasteiger partial charge in [-0.3, -0.25) is 4.79 Å². The van der Waals surface area contributed by atoms with Crippen LogP contribution in [0, 0.1) is 0 Å². The van der Waals surface area contributed by atoms with Gasteiger partial charge in [0.1, 0.15) is 0 Å². The lowest BCUT2D eigenvalue weighted by atomic mass is 10.0. The molecule has 1 heterocycles. The Morgan fingerprint density at radius 1 is 1.45 bits per heavy atom. The van der Waals surface area contributed by atoms with Crippen molar-refractivity contribution in [1.29, 1.82) is 0 Å². The van der Waals surface area contributed by atoms with Crippen LogP contribution in [-0.4, -0.2) is 47.9 Å². The summed E-state index contributed by atoms with van der Waals surface area (Å²) in [6, 6.07) is 7.96. The van der Waals surface area contributed by atoms with Crippen molar-refractivity contribution < 1.29 is 14.6 Å². The number of carbonyl (C=O) groups is 1. The normalized spacial score (nSPS) is 21.0. The number of rotatable bonds is 8. The summed E-state index contributed by atoms with van der Waals surface area (Å²) in [4.78, 5) is 12.1. The molecule has 22 heavy (non-hydrogen) atoms. The van der Waals surface area contributed by atoms with Crippen molar-refractivity contribution in [2.24, 2.45) is 0 Å². The first kappa shape index (κ1) is 17.8. The Morgan fingerprint density at radius 3 is 2.95 bits per heavy atom. The molecule has 0 bridgehead atoms. The number of hydrogen-bond donors (Lipinski definition) is 2. The van der Waals surface area contributed by atoms with Crippen LogP contribution in [0.3, 0.4) is 0 Å². The predicted molar refractivity (Wildman–Crippen MR) is 93.2 cm³/mol. The van der Waals surface area contributed by atoms with Crippen molar-refractivity contribution in [3.63, 3.8) is 0 Å². The van der Waals surface area contributed by atoms with E-state index in [0.29, 0.717) is 26.0 Å². The third kappa shape index (κ3) is 5.26. The molecule has 1 aliphatic rings. The Bertz CT molecular complexity index is 492. The maximum atomic E-state index is 12.1. The number of ether oxygens (including phenoxy) is 1. The number of benzene rings is 1. The molecule has 1 unspecified atom stereocenters. The fraction of sp³-hybridized carbons (Fsp3) is 0.562. The van der Waals surface area contributed by atoms with Crippen molar-refractivity contribution in [3.8, 4) is 0 Å². The highest BCUT2D eigenvalue weighted by atomic mass is 79.9. The summed E-state index contributed by atoms with van der Waals surface area (Å²) in [6.07, 6.45) is 2.10. The third-order valence-electron chi connectivity index (χ3n) is 3.75. The molecule has 1 fully saturated rings. The number of nitrogens with one attached hydrogen (secondary N) is 1. The summed E-state index contributed by atoms with van der Waals surface area (Å²) in [6.45, 7) is 0.866. The molecule has 0 saturated carbocycles. The molecule has 2 rings (SSSR count). The zero-order valence-electron chi connectivity index (χ0n) is 12.5. The molecular formula is C16H22BrNO3S. The maximum absolute atomic E-state index is 12.1. The number of aliphatic hydroxyl groups excluding tert-OH is 1. The molecule has 0 aliphatic carbocycles. The van der Waals surface area contributed by atoms with Crippen LogP contribution in [0.2, 0.25) is 0 Å². The average Bonchev–Trinajstić information content (AvgIpc) is 2.99. The number of hydrogen-bond acceptors (Lipinski definition) is 4. The summed E-state index contributed by atoms with van der Waals surface area (Å²) in [5.74, 6) is 1.95. The Hall–Kier alpha value is -0.560. The number of thioether (sulfide) groups is 1. The van der Waals surface area contributed by atoms with E-state index in [2.05, 4.69) is 21.2 Å². The summed E-state index contributed by atoms with van der Waals surface area (Å²) < 4.78 is 6.82. The molecule has 1 atom stereocenters. The minimum Gasteiger partial charge on any atom is -0.394 e. The van der Waals surface area contributed by atoms with Crippen LogP contribution in [0.1, 0.15) is 18.4 Å². The first-order valence-electron chi connectivity index (χ1n) is 7.48. The lowest BCUT2D eigenvalue weighted by Gasteiger charge is -2.28. The molecule has 1 aliphatic heterocycles. The second-order valence-corrected chi connectivity index (χ2v) is 7.39. The number of halogens is 1. The highest BCUT2D eigenvalue weighted by Crippen LogP contribution is 2.30. The molecule has 0 aromatic heterocycles. The van der Waals surface area contributed by atoms with E-state index in [0.717, 1.165) is 28.0 Å². The number of carbonyl (C=O) groups excluding carboxylic acids is 1. The van der Waals surface area contributed by atoms with Gasteiger partial charge in [0.2, 0.25) is 5.91 Å². The molecule has 122 valence electrons. The molecule has 1 aromatic carbocycles. The largest absolute Gasteiger partial charge is 0.394 e. The Morgan fingerprint density at radius 2 is 2.27 bits per heavy atom. The molecule has 1 aromatic rings. The maximum Gasteiger partial charge on any atom is 0.220 e. The van der Waals surface area contributed by atoms with E-state index in [4.69, 9.17) is 9.84 Å². The van der Waals surface area contributed by atoms with Gasteiger partial charge in [-0.25, -0.2) is 0 Å². The van der Waals surface area contributed by atoms with Gasteiger partial charge in [-0.05, 0) is 30.2 Å². The van der Waals surface area contributed by atoms with Crippen LogP contribution in [0.4, 0.5) is 0 Å². The zero-order chi connectivity index (χ0) is 15.8. The van der Waals surface area contributed by atoms with Gasteiger partial charge >= 0.3 is 0 Å². The number of aliphatic hydroxyl groups is 1. The Labute approximate surface area is 144 Å². The highest BCUT2D eigenvalue weighted by Gasteiger charge is 2.35. The molecular weight excluding hydrogens is 366 g/mol. The van der Waals surface area contributed by atoms with E-state index in [9.17, 15) is 4.79 Å². The smallest absolute Gasteiger partial charge is 0.220 e. The molecule has 0 radical (unpaired) electrons. The lowest BCUT2D eigenvalue weighted by Crippen LogP contribution is -2.45. The van der Waals surface area contributed by atoms with Crippen LogP contribution >= 0.6 is 27.7 Å². The lowest BCUT2D eigenvalue weighted by molar-refractivity contribution is -0.123. The van der Waals surface area contributed by atoms with Gasteiger partial charge in [0.15, 0.2) is 0 Å². The quantitative estimate of drug-likeness (QED) is 0.718. The van der Waals surface area contributed by atoms with Crippen LogP contribution in [0.15, 0.2) is 28.7 Å². The van der Waals surface area contributed by atoms with E-state index < -0.39 is 0 Å². The summed E-state index contributed by atoms with van der Waals surface area (Å²) in [5.41, 5.74) is 0.830. The van der Waals surface area contributed by atoms with Crippen LogP contribution in [-0.2, 0) is 16.0 Å². The van der Waals surface area contributed by atoms with E-state index in [1.165, 1.54) is 0 Å². The second-order valence-electron chi connectivity index (χ2n) is 5.43. The Balaban J connectivity index is 1.78. The van der Waals surface area contributed by atoms with Crippen LogP contribution in [0.25, 0.3) is 0 Å². The van der Waals surface area contributed by atoms with Crippen LogP contribution < -0.4 is 5.32 Å². The Kier molecular flexibility index (Phi) is 7.21. The van der Waals surface area contributed by atoms with Crippen molar-refractivity contribution in [2.45, 2.75) is 24.9 Å². The minimum atomic E-state index is -0.309. The van der Waals surface area contributed by atoms with Gasteiger partial charge in [-0.1, -0.05) is 34.1 Å². The van der Waals surface area contributed by atoms with Gasteiger partial charge < -0.3 is 15.2 Å². The van der Waals surface area contributed by atoms with E-state index in [-0.39, 0.29) is 18.1 Å². The molecule has 0 spiro atoms. The fourth-order valence-electron chi connectivity index (χ4n) is 2.45. The van der Waals surface area contributed by atoms with Crippen molar-refractivity contribution in [1.82, 2.24) is 5.32 Å². The van der Waals surface area contributed by atoms with Gasteiger partial charge in [-0.15, -0.1) is 0 Å². The van der Waals surface area contributed by atoms with Gasteiger partial charge in [0, 0.05) is 23.2 Å². The predicted octanol–water partition coefficient (Wildman–Crippen LogP) is 2.38. The van der Waals surface area contributed by atoms with Gasteiger partial charge in [-0.2, -0.15) is 11.8 Å². The van der Waals surface area contributed by atoms with Gasteiger partial charge in [0.25, 0.3) is 0 Å². The van der Waals surface area contributed by atoms with Crippen molar-refractivity contribution >= 4 is 33.6 Å². The van der Waals surface area contributed by atoms with E-state index in [1.807, 2.05) is 36.0 Å². The first-order valence-corrected chi connectivity index (χ1v) is 9.43. The van der Waals surface area contributed by atoms with Crippen molar-refractivity contribution in [2.75, 3.05) is 31.3 Å². The standard InChI is InChI=1S/C16H22BrNO3S/c17-14-4-2-1-3-13(14)5-6-15(20)18-11-16(21-9-8-19)7-10-22-12-16/h1-4,19H,5-12H2,(H,18,20). The summed E-state index contributed by atoms with van der Waals surface area (Å²) in [7, 11) is 0. The van der Waals surface area contributed by atoms with Crippen LogP contribution in [0.5, 0.6) is 0 Å². The van der Waals surface area contributed by atoms with Crippen molar-refractivity contribution in [3.05, 3.63) is 34.3 Å². The highest BCUT2D eigenvalue weighted by molar-refractivity contribution is 9.10. The minimum absolute atomic E-state index is 0.0163. The second kappa shape index (κ2) is 8.91. The summed E-state index contributed by atoms with van der Waals surface area (Å²) in [5, 5.41) is 11.9. The van der Waals surface area contributed by atoms with E-state index in [1.54, 1.807) is 0 Å². The first-order chi connectivity index (χ1) is 10.7. The molecule has 1 amide bonds. The number of aryl methyl sites for hydroxylation is 1.